The lowest BCUT2D eigenvalue weighted by molar-refractivity contribution is -0.425. The van der Waals surface area contributed by atoms with Crippen molar-refractivity contribution >= 4 is 101 Å². The molecule has 61 heavy (non-hydrogen) atoms. The minimum absolute atomic E-state index is 0.0227. The lowest BCUT2D eigenvalue weighted by Gasteiger charge is -2.35. The maximum absolute atomic E-state index is 13.0. The lowest BCUT2D eigenvalue weighted by Crippen LogP contribution is -2.37. The van der Waals surface area contributed by atoms with Crippen LogP contribution in [0.2, 0.25) is 0 Å². The highest BCUT2D eigenvalue weighted by molar-refractivity contribution is 7.89. The van der Waals surface area contributed by atoms with Gasteiger partial charge in [0.1, 0.15) is 20.2 Å². The number of hydroxylamine groups is 2. The predicted molar refractivity (Wildman–Crippen MR) is 224 cm³/mol. The van der Waals surface area contributed by atoms with Crippen molar-refractivity contribution in [3.63, 3.8) is 0 Å². The lowest BCUT2D eigenvalue weighted by atomic mass is 9.78. The van der Waals surface area contributed by atoms with Crippen LogP contribution in [0, 0.1) is 0 Å². The van der Waals surface area contributed by atoms with E-state index in [0.29, 0.717) is 85.7 Å². The summed E-state index contributed by atoms with van der Waals surface area (Å²) in [4.78, 5) is 55.6. The number of benzene rings is 2. The molecule has 1 aliphatic carbocycles. The van der Waals surface area contributed by atoms with Crippen LogP contribution < -0.4 is 9.62 Å². The van der Waals surface area contributed by atoms with Gasteiger partial charge in [-0.3, -0.25) is 14.4 Å². The standard InChI is InChI=1S/C39H42N4O13S5/c1-38(2)26-17-22(60(50,51)52)10-12-28(26)41(16-8-6-7-9-35(47)56-43-33(45)14-15-34(43)46)30(38)19-24-36(57)25(37(24)58)20-31-39(3,4)27-18-23(61(53,54)55)11-13-29(27)42(31)21-32(44)40-59(5,48)49/h10-13,17-20H,6-9,14-16,21H2,1-5H3,(H3-,40,44,50,51,52,53,54,55,57,58)/p-2. The quantitative estimate of drug-likeness (QED) is 0.0544. The zero-order valence-electron chi connectivity index (χ0n) is 33.5. The first-order chi connectivity index (χ1) is 28.1. The molecule has 1 N–H and O–H groups in total. The molecule has 6 rings (SSSR count). The van der Waals surface area contributed by atoms with Gasteiger partial charge in [-0.2, -0.15) is 9.48 Å². The van der Waals surface area contributed by atoms with Crippen LogP contribution in [0.1, 0.15) is 77.3 Å². The Hall–Kier alpha value is -4.71. The van der Waals surface area contributed by atoms with E-state index in [4.69, 9.17) is 29.7 Å². The van der Waals surface area contributed by atoms with E-state index < -0.39 is 81.1 Å². The van der Waals surface area contributed by atoms with Gasteiger partial charge in [-0.15, -0.1) is 5.06 Å². The van der Waals surface area contributed by atoms with E-state index in [0.717, 1.165) is 12.3 Å². The van der Waals surface area contributed by atoms with Gasteiger partial charge in [0.05, 0.1) is 21.5 Å². The van der Waals surface area contributed by atoms with Crippen LogP contribution in [-0.4, -0.2) is 97.6 Å². The summed E-state index contributed by atoms with van der Waals surface area (Å²) in [5, 5.41) is 0.496. The molecule has 2 aromatic rings. The largest absolute Gasteiger partial charge is 0.778 e. The number of anilines is 1. The van der Waals surface area contributed by atoms with Crippen molar-refractivity contribution in [1.82, 2.24) is 9.79 Å². The third-order valence-corrected chi connectivity index (χ3v) is 14.0. The molecule has 3 amide bonds. The molecule has 0 atom stereocenters. The molecule has 1 fully saturated rings. The first kappa shape index (κ1) is 45.8. The number of allylic oxidation sites excluding steroid dienone is 5. The van der Waals surface area contributed by atoms with E-state index in [-0.39, 0.29) is 19.3 Å². The van der Waals surface area contributed by atoms with Crippen molar-refractivity contribution in [2.75, 3.05) is 24.2 Å². The number of hydrogen-bond donors (Lipinski definition) is 1. The number of unbranched alkanes of at least 4 members (excludes halogenated alkanes) is 2. The van der Waals surface area contributed by atoms with Crippen molar-refractivity contribution in [1.29, 1.82) is 0 Å². The fraction of sp³-hybridized carbons (Fsp3) is 0.385. The molecule has 17 nitrogen and oxygen atoms in total. The Morgan fingerprint density at radius 3 is 2.05 bits per heavy atom. The number of hydrogen-bond acceptors (Lipinski definition) is 16. The summed E-state index contributed by atoms with van der Waals surface area (Å²) in [5.74, 6) is -2.76. The summed E-state index contributed by atoms with van der Waals surface area (Å²) >= 11 is 11.8. The number of sulfonamides is 1. The van der Waals surface area contributed by atoms with Gasteiger partial charge in [0.2, 0.25) is 22.3 Å². The molecule has 3 heterocycles. The topological polar surface area (TPSA) is 248 Å². The van der Waals surface area contributed by atoms with E-state index in [2.05, 4.69) is 0 Å². The Morgan fingerprint density at radius 1 is 0.885 bits per heavy atom. The van der Waals surface area contributed by atoms with E-state index >= 15 is 0 Å². The van der Waals surface area contributed by atoms with Gasteiger partial charge in [-0.25, -0.2) is 34.8 Å². The van der Waals surface area contributed by atoms with Gasteiger partial charge in [-0.1, -0.05) is 32.5 Å². The number of rotatable bonds is 14. The van der Waals surface area contributed by atoms with E-state index in [1.165, 1.54) is 28.8 Å². The van der Waals surface area contributed by atoms with E-state index in [1.54, 1.807) is 32.1 Å². The monoisotopic (exact) mass is 932 g/mol. The van der Waals surface area contributed by atoms with Crippen LogP contribution in [0.3, 0.4) is 0 Å². The normalized spacial score (nSPS) is 19.8. The Balaban J connectivity index is 1.33. The van der Waals surface area contributed by atoms with Crippen molar-refractivity contribution in [3.05, 3.63) is 81.4 Å². The van der Waals surface area contributed by atoms with Crippen LogP contribution >= 0.6 is 12.2 Å². The van der Waals surface area contributed by atoms with Crippen LogP contribution in [0.25, 0.3) is 0 Å². The summed E-state index contributed by atoms with van der Waals surface area (Å²) in [6.07, 6.45) is 5.55. The van der Waals surface area contributed by atoms with Gasteiger partial charge < -0.3 is 31.5 Å². The summed E-state index contributed by atoms with van der Waals surface area (Å²) < 4.78 is 99.4. The molecule has 0 saturated carbocycles. The molecule has 326 valence electrons. The summed E-state index contributed by atoms with van der Waals surface area (Å²) in [6.45, 7) is 7.03. The molecular weight excluding hydrogens is 893 g/mol. The second-order valence-corrected chi connectivity index (χ2v) is 21.3. The second kappa shape index (κ2) is 16.2. The molecule has 0 bridgehead atoms. The number of nitrogens with one attached hydrogen (secondary N) is 1. The predicted octanol–water partition coefficient (Wildman–Crippen LogP) is 2.91. The molecule has 2 aromatic carbocycles. The number of imide groups is 1. The maximum Gasteiger partial charge on any atom is 0.333 e. The number of thiocarbonyl (C=S) groups is 1. The third-order valence-electron chi connectivity index (χ3n) is 10.9. The molecule has 22 heteroatoms. The number of fused-ring (bicyclic) bond motifs is 2. The van der Waals surface area contributed by atoms with E-state index in [1.807, 2.05) is 23.5 Å². The first-order valence-electron chi connectivity index (χ1n) is 18.7. The Kier molecular flexibility index (Phi) is 12.2. The summed E-state index contributed by atoms with van der Waals surface area (Å²) in [7, 11) is -13.6. The number of carbonyl (C=O) groups excluding carboxylic acids is 4. The SMILES string of the molecule is CC1(C)C(/C=C2\C(=S)C(/C=C3/N(CCCCCC(=O)ON4C(=O)CCC4=O)c4ccc(S(=O)(=O)[O-])cc4C3(C)C)=C2[S-])=[N+](CC(=O)NS(C)(=O)=O)c2ccc(S(=O)(=O)[O-])cc21. The smallest absolute Gasteiger partial charge is 0.333 e. The molecule has 1 saturated heterocycles. The highest BCUT2D eigenvalue weighted by Gasteiger charge is 2.47. The van der Waals surface area contributed by atoms with Gasteiger partial charge in [0.15, 0.2) is 5.71 Å². The Bertz CT molecular complexity index is 2790. The minimum atomic E-state index is -4.87. The van der Waals surface area contributed by atoms with Crippen molar-refractivity contribution in [2.24, 2.45) is 0 Å². The first-order valence-corrected chi connectivity index (χ1v) is 24.3. The van der Waals surface area contributed by atoms with Crippen LogP contribution in [0.5, 0.6) is 0 Å². The number of carbonyl (C=O) groups is 4. The average molecular weight is 933 g/mol. The van der Waals surface area contributed by atoms with Gasteiger partial charge in [-0.05, 0) is 79.8 Å². The zero-order valence-corrected chi connectivity index (χ0v) is 37.5. The summed E-state index contributed by atoms with van der Waals surface area (Å²) in [5.41, 5.74) is 1.93. The second-order valence-electron chi connectivity index (χ2n) is 16.0. The van der Waals surface area contributed by atoms with Crippen LogP contribution in [0.4, 0.5) is 11.4 Å². The van der Waals surface area contributed by atoms with Crippen molar-refractivity contribution in [3.8, 4) is 0 Å². The molecule has 0 spiro atoms. The molecule has 0 radical (unpaired) electrons. The third kappa shape index (κ3) is 9.11. The molecule has 3 aliphatic heterocycles. The number of nitrogens with zero attached hydrogens (tertiary/aromatic N) is 3. The van der Waals surface area contributed by atoms with Crippen molar-refractivity contribution in [2.45, 2.75) is 86.8 Å². The summed E-state index contributed by atoms with van der Waals surface area (Å²) in [6, 6.07) is 7.79. The van der Waals surface area contributed by atoms with E-state index in [9.17, 15) is 53.5 Å². The fourth-order valence-corrected chi connectivity index (χ4v) is 10.1. The molecule has 0 unspecified atom stereocenters. The van der Waals surface area contributed by atoms with Gasteiger partial charge >= 0.3 is 5.97 Å². The highest BCUT2D eigenvalue weighted by atomic mass is 32.2. The van der Waals surface area contributed by atoms with Crippen LogP contribution in [0.15, 0.2) is 80.1 Å². The molecular formula is C39H40N4O13S5-2. The minimum Gasteiger partial charge on any atom is -0.778 e. The maximum atomic E-state index is 13.0. The van der Waals surface area contributed by atoms with Crippen LogP contribution in [-0.2, 0) is 77.7 Å². The van der Waals surface area contributed by atoms with Gasteiger partial charge in [0.25, 0.3) is 17.7 Å². The average Bonchev–Trinajstić information content (AvgIpc) is 3.65. The highest BCUT2D eigenvalue weighted by Crippen LogP contribution is 2.50. The molecule has 4 aliphatic rings. The van der Waals surface area contributed by atoms with Crippen molar-refractivity contribution < 1.29 is 63.0 Å². The van der Waals surface area contributed by atoms with Gasteiger partial charge in [0, 0.05) is 65.2 Å². The molecule has 0 aromatic heterocycles. The zero-order chi connectivity index (χ0) is 45.2. The Morgan fingerprint density at radius 2 is 1.48 bits per heavy atom. The fourth-order valence-electron chi connectivity index (χ4n) is 7.83. The number of amides is 3. The Labute approximate surface area is 364 Å².